The Morgan fingerprint density at radius 2 is 1.87 bits per heavy atom. The number of benzene rings is 3. The van der Waals surface area contributed by atoms with Crippen molar-refractivity contribution in [1.82, 2.24) is 0 Å². The largest absolute Gasteiger partial charge is 0.497 e. The standard InChI is InChI=1S/C24H21ClN2O4/c1-30-19-8-9-21(22(13-19)31-20-7-3-5-17(25)12-20)16-11-23(28)27(14-16)18-6-2-4-15(10-18)24(26)29/h2-10,12-13,16H,11,14H2,1H3,(H2,26,29)/t16-/m0/s1. The minimum absolute atomic E-state index is 0.0313. The highest BCUT2D eigenvalue weighted by Crippen LogP contribution is 2.40. The molecular weight excluding hydrogens is 416 g/mol. The van der Waals surface area contributed by atoms with Gasteiger partial charge in [-0.15, -0.1) is 0 Å². The average molecular weight is 437 g/mol. The molecule has 2 N–H and O–H groups in total. The minimum atomic E-state index is -0.530. The molecule has 31 heavy (non-hydrogen) atoms. The molecule has 0 aromatic heterocycles. The summed E-state index contributed by atoms with van der Waals surface area (Å²) in [7, 11) is 1.59. The van der Waals surface area contributed by atoms with E-state index in [1.54, 1.807) is 54.5 Å². The van der Waals surface area contributed by atoms with Crippen molar-refractivity contribution in [3.8, 4) is 17.2 Å². The summed E-state index contributed by atoms with van der Waals surface area (Å²) < 4.78 is 11.5. The van der Waals surface area contributed by atoms with Crippen LogP contribution >= 0.6 is 11.6 Å². The van der Waals surface area contributed by atoms with Gasteiger partial charge in [-0.2, -0.15) is 0 Å². The Balaban J connectivity index is 1.64. The third kappa shape index (κ3) is 4.49. The number of anilines is 1. The molecule has 0 bridgehead atoms. The van der Waals surface area contributed by atoms with E-state index in [1.807, 2.05) is 24.3 Å². The summed E-state index contributed by atoms with van der Waals surface area (Å²) in [5.41, 5.74) is 7.29. The van der Waals surface area contributed by atoms with Crippen molar-refractivity contribution < 1.29 is 19.1 Å². The zero-order valence-corrected chi connectivity index (χ0v) is 17.6. The van der Waals surface area contributed by atoms with Crippen LogP contribution in [0.1, 0.15) is 28.3 Å². The second-order valence-corrected chi connectivity index (χ2v) is 7.72. The molecule has 2 amide bonds. The number of amides is 2. The van der Waals surface area contributed by atoms with Gasteiger partial charge in [-0.25, -0.2) is 0 Å². The lowest BCUT2D eigenvalue weighted by molar-refractivity contribution is -0.117. The van der Waals surface area contributed by atoms with Crippen LogP contribution in [0.3, 0.4) is 0 Å². The lowest BCUT2D eigenvalue weighted by Gasteiger charge is -2.19. The zero-order valence-electron chi connectivity index (χ0n) is 16.9. The molecule has 1 fully saturated rings. The van der Waals surface area contributed by atoms with E-state index in [2.05, 4.69) is 0 Å². The molecule has 3 aromatic rings. The number of halogens is 1. The number of carbonyl (C=O) groups is 2. The fourth-order valence-corrected chi connectivity index (χ4v) is 3.90. The summed E-state index contributed by atoms with van der Waals surface area (Å²) in [5.74, 6) is 1.19. The molecule has 1 aliphatic heterocycles. The van der Waals surface area contributed by atoms with E-state index >= 15 is 0 Å². The van der Waals surface area contributed by atoms with Crippen molar-refractivity contribution in [3.05, 3.63) is 82.9 Å². The SMILES string of the molecule is COc1ccc([C@H]2CC(=O)N(c3cccc(C(N)=O)c3)C2)c(Oc2cccc(Cl)c2)c1. The first-order valence-electron chi connectivity index (χ1n) is 9.76. The number of rotatable bonds is 6. The molecule has 3 aromatic carbocycles. The van der Waals surface area contributed by atoms with Crippen LogP contribution < -0.4 is 20.1 Å². The second-order valence-electron chi connectivity index (χ2n) is 7.28. The number of ether oxygens (including phenoxy) is 2. The average Bonchev–Trinajstić information content (AvgIpc) is 3.15. The molecule has 1 heterocycles. The molecule has 4 rings (SSSR count). The maximum Gasteiger partial charge on any atom is 0.248 e. The van der Waals surface area contributed by atoms with Gasteiger partial charge in [0.25, 0.3) is 0 Å². The quantitative estimate of drug-likeness (QED) is 0.604. The highest BCUT2D eigenvalue weighted by molar-refractivity contribution is 6.30. The Morgan fingerprint density at radius 3 is 2.61 bits per heavy atom. The van der Waals surface area contributed by atoms with Gasteiger partial charge in [0.1, 0.15) is 17.2 Å². The van der Waals surface area contributed by atoms with Crippen molar-refractivity contribution >= 4 is 29.1 Å². The highest BCUT2D eigenvalue weighted by Gasteiger charge is 2.33. The van der Waals surface area contributed by atoms with Crippen LogP contribution in [0.2, 0.25) is 5.02 Å². The van der Waals surface area contributed by atoms with Gasteiger partial charge in [-0.1, -0.05) is 29.8 Å². The van der Waals surface area contributed by atoms with E-state index in [4.69, 9.17) is 26.8 Å². The van der Waals surface area contributed by atoms with Crippen molar-refractivity contribution in [3.63, 3.8) is 0 Å². The molecule has 1 saturated heterocycles. The minimum Gasteiger partial charge on any atom is -0.497 e. The summed E-state index contributed by atoms with van der Waals surface area (Å²) in [6.45, 7) is 0.458. The molecule has 0 saturated carbocycles. The lowest BCUT2D eigenvalue weighted by atomic mass is 9.97. The fraction of sp³-hybridized carbons (Fsp3) is 0.167. The molecule has 0 spiro atoms. The van der Waals surface area contributed by atoms with Crippen molar-refractivity contribution in [2.24, 2.45) is 5.73 Å². The van der Waals surface area contributed by atoms with E-state index in [-0.39, 0.29) is 11.8 Å². The Labute approximate surface area is 185 Å². The third-order valence-corrected chi connectivity index (χ3v) is 5.49. The number of nitrogens with zero attached hydrogens (tertiary/aromatic N) is 1. The molecule has 0 aliphatic carbocycles. The number of nitrogens with two attached hydrogens (primary N) is 1. The summed E-state index contributed by atoms with van der Waals surface area (Å²) in [4.78, 5) is 26.0. The second kappa shape index (κ2) is 8.70. The van der Waals surface area contributed by atoms with Gasteiger partial charge in [0, 0.05) is 46.8 Å². The highest BCUT2D eigenvalue weighted by atomic mass is 35.5. The fourth-order valence-electron chi connectivity index (χ4n) is 3.72. The Hall–Kier alpha value is -3.51. The van der Waals surface area contributed by atoms with Crippen LogP contribution in [0.15, 0.2) is 66.7 Å². The maximum atomic E-state index is 12.8. The van der Waals surface area contributed by atoms with Crippen LogP contribution in [-0.4, -0.2) is 25.5 Å². The first-order valence-corrected chi connectivity index (χ1v) is 10.1. The van der Waals surface area contributed by atoms with Gasteiger partial charge in [-0.05, 0) is 42.5 Å². The van der Waals surface area contributed by atoms with Crippen molar-refractivity contribution in [2.45, 2.75) is 12.3 Å². The topological polar surface area (TPSA) is 81.9 Å². The number of methoxy groups -OCH3 is 1. The molecular formula is C24H21ClN2O4. The normalized spacial score (nSPS) is 15.7. The summed E-state index contributed by atoms with van der Waals surface area (Å²) in [6.07, 6.45) is 0.318. The number of hydrogen-bond acceptors (Lipinski definition) is 4. The first kappa shape index (κ1) is 20.8. The molecule has 1 atom stereocenters. The van der Waals surface area contributed by atoms with Crippen LogP contribution in [0, 0.1) is 0 Å². The van der Waals surface area contributed by atoms with E-state index in [0.717, 1.165) is 5.56 Å². The third-order valence-electron chi connectivity index (χ3n) is 5.25. The molecule has 6 nitrogen and oxygen atoms in total. The maximum absolute atomic E-state index is 12.8. The molecule has 7 heteroatoms. The predicted molar refractivity (Wildman–Crippen MR) is 119 cm³/mol. The summed E-state index contributed by atoms with van der Waals surface area (Å²) in [6, 6.07) is 19.5. The monoisotopic (exact) mass is 436 g/mol. The van der Waals surface area contributed by atoms with Crippen molar-refractivity contribution in [1.29, 1.82) is 0 Å². The first-order chi connectivity index (χ1) is 14.9. The van der Waals surface area contributed by atoms with E-state index < -0.39 is 5.91 Å². The molecule has 0 unspecified atom stereocenters. The van der Waals surface area contributed by atoms with Gasteiger partial charge in [0.15, 0.2) is 0 Å². The van der Waals surface area contributed by atoms with Crippen LogP contribution in [0.4, 0.5) is 5.69 Å². The van der Waals surface area contributed by atoms with E-state index in [1.165, 1.54) is 0 Å². The summed E-state index contributed by atoms with van der Waals surface area (Å²) in [5, 5.41) is 0.568. The molecule has 158 valence electrons. The van der Waals surface area contributed by atoms with Gasteiger partial charge >= 0.3 is 0 Å². The Morgan fingerprint density at radius 1 is 1.06 bits per heavy atom. The molecule has 0 radical (unpaired) electrons. The molecule has 1 aliphatic rings. The van der Waals surface area contributed by atoms with E-state index in [0.29, 0.717) is 46.5 Å². The van der Waals surface area contributed by atoms with Crippen molar-refractivity contribution in [2.75, 3.05) is 18.6 Å². The van der Waals surface area contributed by atoms with Gasteiger partial charge < -0.3 is 20.1 Å². The van der Waals surface area contributed by atoms with E-state index in [9.17, 15) is 9.59 Å². The predicted octanol–water partition coefficient (Wildman–Crippen LogP) is 4.76. The zero-order chi connectivity index (χ0) is 22.0. The van der Waals surface area contributed by atoms with Crippen LogP contribution in [-0.2, 0) is 4.79 Å². The lowest BCUT2D eigenvalue weighted by Crippen LogP contribution is -2.24. The Kier molecular flexibility index (Phi) is 5.82. The summed E-state index contributed by atoms with van der Waals surface area (Å²) >= 11 is 6.09. The number of hydrogen-bond donors (Lipinski definition) is 1. The smallest absolute Gasteiger partial charge is 0.248 e. The number of primary amides is 1. The van der Waals surface area contributed by atoms with Gasteiger partial charge in [0.05, 0.1) is 7.11 Å². The van der Waals surface area contributed by atoms with Gasteiger partial charge in [0.2, 0.25) is 11.8 Å². The number of carbonyl (C=O) groups excluding carboxylic acids is 2. The van der Waals surface area contributed by atoms with Gasteiger partial charge in [-0.3, -0.25) is 9.59 Å². The van der Waals surface area contributed by atoms with Crippen LogP contribution in [0.5, 0.6) is 17.2 Å². The van der Waals surface area contributed by atoms with Crippen LogP contribution in [0.25, 0.3) is 0 Å². The Bertz CT molecular complexity index is 1150.